The van der Waals surface area contributed by atoms with Crippen LogP contribution in [0.4, 0.5) is 0 Å². The molecule has 1 aromatic heterocycles. The standard InChI is InChI=1S/C16H22N2O2/c1-19-15-8-2-3-9-16(15)20-13-12-18-11-5-7-14(18)6-4-10-17/h2-3,5,7-9,11H,4,6,10,12-13,17H2,1H3. The molecule has 0 atom stereocenters. The summed E-state index contributed by atoms with van der Waals surface area (Å²) < 4.78 is 13.3. The second-order valence-corrected chi connectivity index (χ2v) is 4.58. The summed E-state index contributed by atoms with van der Waals surface area (Å²) in [7, 11) is 1.65. The monoisotopic (exact) mass is 274 g/mol. The fourth-order valence-corrected chi connectivity index (χ4v) is 2.17. The third-order valence-electron chi connectivity index (χ3n) is 3.22. The molecule has 2 aromatic rings. The highest BCUT2D eigenvalue weighted by Gasteiger charge is 2.04. The highest BCUT2D eigenvalue weighted by Crippen LogP contribution is 2.25. The Morgan fingerprint density at radius 3 is 2.65 bits per heavy atom. The first kappa shape index (κ1) is 14.5. The van der Waals surface area contributed by atoms with Gasteiger partial charge in [-0.3, -0.25) is 0 Å². The molecule has 0 radical (unpaired) electrons. The number of nitrogens with zero attached hydrogens (tertiary/aromatic N) is 1. The molecule has 4 heteroatoms. The molecule has 1 heterocycles. The number of benzene rings is 1. The van der Waals surface area contributed by atoms with Crippen molar-refractivity contribution in [3.8, 4) is 11.5 Å². The molecule has 0 fully saturated rings. The summed E-state index contributed by atoms with van der Waals surface area (Å²) in [4.78, 5) is 0. The average molecular weight is 274 g/mol. The molecule has 0 amide bonds. The van der Waals surface area contributed by atoms with Crippen LogP contribution in [0, 0.1) is 0 Å². The minimum absolute atomic E-state index is 0.616. The molecule has 2 N–H and O–H groups in total. The van der Waals surface area contributed by atoms with Crippen LogP contribution in [-0.4, -0.2) is 24.8 Å². The van der Waals surface area contributed by atoms with E-state index in [2.05, 4.69) is 22.9 Å². The molecule has 1 aromatic carbocycles. The molecule has 0 unspecified atom stereocenters. The van der Waals surface area contributed by atoms with Crippen LogP contribution < -0.4 is 15.2 Å². The van der Waals surface area contributed by atoms with E-state index in [0.717, 1.165) is 37.4 Å². The van der Waals surface area contributed by atoms with E-state index in [9.17, 15) is 0 Å². The van der Waals surface area contributed by atoms with Crippen LogP contribution in [0.2, 0.25) is 0 Å². The summed E-state index contributed by atoms with van der Waals surface area (Å²) in [5.74, 6) is 1.55. The van der Waals surface area contributed by atoms with Crippen LogP contribution in [0.5, 0.6) is 11.5 Å². The van der Waals surface area contributed by atoms with E-state index in [4.69, 9.17) is 15.2 Å². The maximum absolute atomic E-state index is 5.79. The molecule has 108 valence electrons. The number of hydrogen-bond acceptors (Lipinski definition) is 3. The second kappa shape index (κ2) is 7.60. The lowest BCUT2D eigenvalue weighted by atomic mass is 10.2. The van der Waals surface area contributed by atoms with E-state index < -0.39 is 0 Å². The maximum atomic E-state index is 5.79. The third-order valence-corrected chi connectivity index (χ3v) is 3.22. The van der Waals surface area contributed by atoms with Gasteiger partial charge in [-0.1, -0.05) is 12.1 Å². The zero-order valence-corrected chi connectivity index (χ0v) is 11.9. The predicted octanol–water partition coefficient (Wildman–Crippen LogP) is 2.47. The number of aryl methyl sites for hydroxylation is 1. The number of aromatic nitrogens is 1. The Kier molecular flexibility index (Phi) is 5.50. The van der Waals surface area contributed by atoms with Gasteiger partial charge in [0.1, 0.15) is 6.61 Å². The van der Waals surface area contributed by atoms with Gasteiger partial charge in [-0.15, -0.1) is 0 Å². The van der Waals surface area contributed by atoms with Gasteiger partial charge in [0, 0.05) is 11.9 Å². The molecule has 20 heavy (non-hydrogen) atoms. The van der Waals surface area contributed by atoms with E-state index in [0.29, 0.717) is 6.61 Å². The van der Waals surface area contributed by atoms with Crippen molar-refractivity contribution < 1.29 is 9.47 Å². The number of nitrogens with two attached hydrogens (primary N) is 1. The normalized spacial score (nSPS) is 10.5. The van der Waals surface area contributed by atoms with Crippen molar-refractivity contribution >= 4 is 0 Å². The summed E-state index contributed by atoms with van der Waals surface area (Å²) in [5.41, 5.74) is 6.86. The Morgan fingerprint density at radius 2 is 1.90 bits per heavy atom. The Morgan fingerprint density at radius 1 is 1.10 bits per heavy atom. The minimum atomic E-state index is 0.616. The van der Waals surface area contributed by atoms with Gasteiger partial charge in [0.2, 0.25) is 0 Å². The van der Waals surface area contributed by atoms with Crippen LogP contribution >= 0.6 is 0 Å². The fourth-order valence-electron chi connectivity index (χ4n) is 2.17. The van der Waals surface area contributed by atoms with Crippen molar-refractivity contribution in [3.63, 3.8) is 0 Å². The third kappa shape index (κ3) is 3.78. The number of methoxy groups -OCH3 is 1. The van der Waals surface area contributed by atoms with Gasteiger partial charge < -0.3 is 19.8 Å². The first-order valence-electron chi connectivity index (χ1n) is 6.95. The van der Waals surface area contributed by atoms with Crippen LogP contribution in [0.1, 0.15) is 12.1 Å². The van der Waals surface area contributed by atoms with Gasteiger partial charge in [0.05, 0.1) is 13.7 Å². The summed E-state index contributed by atoms with van der Waals surface area (Å²) in [6.07, 6.45) is 4.10. The number of para-hydroxylation sites is 2. The molecule has 0 bridgehead atoms. The zero-order valence-electron chi connectivity index (χ0n) is 11.9. The summed E-state index contributed by atoms with van der Waals surface area (Å²) in [5, 5.41) is 0. The van der Waals surface area contributed by atoms with Gasteiger partial charge in [-0.25, -0.2) is 0 Å². The summed E-state index contributed by atoms with van der Waals surface area (Å²) in [6, 6.07) is 11.9. The van der Waals surface area contributed by atoms with Gasteiger partial charge in [0.25, 0.3) is 0 Å². The SMILES string of the molecule is COc1ccccc1OCCn1cccc1CCCN. The quantitative estimate of drug-likeness (QED) is 0.804. The van der Waals surface area contributed by atoms with Gasteiger partial charge >= 0.3 is 0 Å². The zero-order chi connectivity index (χ0) is 14.2. The first-order chi connectivity index (χ1) is 9.85. The molecule has 0 saturated carbocycles. The van der Waals surface area contributed by atoms with Crippen molar-refractivity contribution in [1.29, 1.82) is 0 Å². The highest BCUT2D eigenvalue weighted by atomic mass is 16.5. The van der Waals surface area contributed by atoms with E-state index in [1.807, 2.05) is 24.3 Å². The molecule has 4 nitrogen and oxygen atoms in total. The van der Waals surface area contributed by atoms with E-state index >= 15 is 0 Å². The molecule has 0 saturated heterocycles. The van der Waals surface area contributed by atoms with E-state index in [1.165, 1.54) is 5.69 Å². The van der Waals surface area contributed by atoms with Crippen molar-refractivity contribution in [2.24, 2.45) is 5.73 Å². The van der Waals surface area contributed by atoms with Gasteiger partial charge in [-0.2, -0.15) is 0 Å². The number of rotatable bonds is 8. The van der Waals surface area contributed by atoms with Crippen LogP contribution in [0.25, 0.3) is 0 Å². The molecule has 2 rings (SSSR count). The lowest BCUT2D eigenvalue weighted by Crippen LogP contribution is -2.11. The number of hydrogen-bond donors (Lipinski definition) is 1. The molecular formula is C16H22N2O2. The van der Waals surface area contributed by atoms with Crippen LogP contribution in [0.15, 0.2) is 42.6 Å². The first-order valence-corrected chi connectivity index (χ1v) is 6.95. The Hall–Kier alpha value is -1.94. The highest BCUT2D eigenvalue weighted by molar-refractivity contribution is 5.39. The maximum Gasteiger partial charge on any atom is 0.161 e. The Bertz CT molecular complexity index is 523. The van der Waals surface area contributed by atoms with Gasteiger partial charge in [-0.05, 0) is 43.7 Å². The Labute approximate surface area is 120 Å². The lowest BCUT2D eigenvalue weighted by Gasteiger charge is -2.12. The van der Waals surface area contributed by atoms with Crippen molar-refractivity contribution in [2.75, 3.05) is 20.3 Å². The minimum Gasteiger partial charge on any atom is -0.493 e. The van der Waals surface area contributed by atoms with Crippen molar-refractivity contribution in [2.45, 2.75) is 19.4 Å². The van der Waals surface area contributed by atoms with Gasteiger partial charge in [0.15, 0.2) is 11.5 Å². The largest absolute Gasteiger partial charge is 0.493 e. The molecule has 0 aliphatic rings. The molecule has 0 aliphatic carbocycles. The smallest absolute Gasteiger partial charge is 0.161 e. The molecule has 0 aliphatic heterocycles. The van der Waals surface area contributed by atoms with Crippen molar-refractivity contribution in [1.82, 2.24) is 4.57 Å². The average Bonchev–Trinajstić information content (AvgIpc) is 2.93. The second-order valence-electron chi connectivity index (χ2n) is 4.58. The number of ether oxygens (including phenoxy) is 2. The van der Waals surface area contributed by atoms with Crippen LogP contribution in [0.3, 0.4) is 0 Å². The van der Waals surface area contributed by atoms with E-state index in [1.54, 1.807) is 7.11 Å². The fraction of sp³-hybridized carbons (Fsp3) is 0.375. The van der Waals surface area contributed by atoms with Crippen molar-refractivity contribution in [3.05, 3.63) is 48.3 Å². The Balaban J connectivity index is 1.88. The predicted molar refractivity (Wildman–Crippen MR) is 80.3 cm³/mol. The van der Waals surface area contributed by atoms with E-state index in [-0.39, 0.29) is 0 Å². The summed E-state index contributed by atoms with van der Waals surface area (Å²) >= 11 is 0. The molecule has 0 spiro atoms. The molecular weight excluding hydrogens is 252 g/mol. The van der Waals surface area contributed by atoms with Crippen LogP contribution in [-0.2, 0) is 13.0 Å². The summed E-state index contributed by atoms with van der Waals surface area (Å²) in [6.45, 7) is 2.17. The lowest BCUT2D eigenvalue weighted by molar-refractivity contribution is 0.278. The topological polar surface area (TPSA) is 49.4 Å².